The first-order valence-corrected chi connectivity index (χ1v) is 3.83. The van der Waals surface area contributed by atoms with Crippen molar-refractivity contribution < 1.29 is 18.3 Å². The van der Waals surface area contributed by atoms with Crippen molar-refractivity contribution in [3.63, 3.8) is 0 Å². The summed E-state index contributed by atoms with van der Waals surface area (Å²) in [5.41, 5.74) is 0.228. The number of ether oxygens (including phenoxy) is 1. The van der Waals surface area contributed by atoms with Crippen LogP contribution >= 0.6 is 11.6 Å². The lowest BCUT2D eigenvalue weighted by Crippen LogP contribution is -2.01. The predicted octanol–water partition coefficient (Wildman–Crippen LogP) is 2.91. The molecule has 0 aliphatic rings. The summed E-state index contributed by atoms with van der Waals surface area (Å²) in [4.78, 5) is 13.1. The molecule has 0 aromatic heterocycles. The van der Waals surface area contributed by atoms with Crippen LogP contribution in [0.2, 0.25) is 5.02 Å². The molecule has 1 rings (SSSR count). The molecule has 0 heterocycles. The van der Waals surface area contributed by atoms with Gasteiger partial charge in [-0.05, 0) is 18.2 Å². The second-order valence-corrected chi connectivity index (χ2v) is 2.60. The van der Waals surface area contributed by atoms with E-state index in [9.17, 15) is 13.6 Å². The maximum absolute atomic E-state index is 11.8. The summed E-state index contributed by atoms with van der Waals surface area (Å²) in [5.74, 6) is -0.161. The number of rotatable bonds is 3. The van der Waals surface area contributed by atoms with E-state index in [4.69, 9.17) is 11.6 Å². The van der Waals surface area contributed by atoms with Crippen molar-refractivity contribution in [3.8, 4) is 5.75 Å². The van der Waals surface area contributed by atoms with Crippen LogP contribution in [0.15, 0.2) is 23.2 Å². The first-order valence-electron chi connectivity index (χ1n) is 3.45. The molecule has 0 spiro atoms. The van der Waals surface area contributed by atoms with E-state index >= 15 is 0 Å². The van der Waals surface area contributed by atoms with Crippen molar-refractivity contribution in [2.45, 2.75) is 6.61 Å². The number of hydrogen-bond donors (Lipinski definition) is 0. The molecule has 0 radical (unpaired) electrons. The number of isocyanates is 1. The summed E-state index contributed by atoms with van der Waals surface area (Å²) in [7, 11) is 0. The van der Waals surface area contributed by atoms with Crippen LogP contribution in [0.4, 0.5) is 14.5 Å². The van der Waals surface area contributed by atoms with E-state index < -0.39 is 6.61 Å². The minimum Gasteiger partial charge on any atom is -0.433 e. The van der Waals surface area contributed by atoms with Crippen LogP contribution < -0.4 is 4.74 Å². The molecule has 0 bridgehead atoms. The van der Waals surface area contributed by atoms with Gasteiger partial charge >= 0.3 is 6.61 Å². The molecule has 6 heteroatoms. The standard InChI is InChI=1S/C8H4ClF2NO2/c9-6-3-5(12-4-13)1-2-7(6)14-8(10)11/h1-3,8H. The third kappa shape index (κ3) is 2.80. The average molecular weight is 220 g/mol. The van der Waals surface area contributed by atoms with Gasteiger partial charge in [-0.15, -0.1) is 0 Å². The van der Waals surface area contributed by atoms with Gasteiger partial charge in [0.05, 0.1) is 10.7 Å². The van der Waals surface area contributed by atoms with Crippen molar-refractivity contribution in [1.29, 1.82) is 0 Å². The molecule has 0 saturated carbocycles. The van der Waals surface area contributed by atoms with Crippen LogP contribution in [-0.2, 0) is 4.79 Å². The number of hydrogen-bond acceptors (Lipinski definition) is 3. The van der Waals surface area contributed by atoms with Gasteiger partial charge in [0.25, 0.3) is 0 Å². The Morgan fingerprint density at radius 3 is 2.71 bits per heavy atom. The quantitative estimate of drug-likeness (QED) is 0.579. The predicted molar refractivity (Wildman–Crippen MR) is 45.9 cm³/mol. The Bertz CT molecular complexity index is 378. The zero-order chi connectivity index (χ0) is 10.6. The molecule has 74 valence electrons. The molecule has 0 N–H and O–H groups in total. The van der Waals surface area contributed by atoms with Gasteiger partial charge in [0.1, 0.15) is 5.75 Å². The second-order valence-electron chi connectivity index (χ2n) is 2.20. The van der Waals surface area contributed by atoms with Crippen LogP contribution in [0.3, 0.4) is 0 Å². The van der Waals surface area contributed by atoms with Gasteiger partial charge in [-0.3, -0.25) is 0 Å². The maximum Gasteiger partial charge on any atom is 0.387 e. The van der Waals surface area contributed by atoms with Gasteiger partial charge in [-0.1, -0.05) is 11.6 Å². The Morgan fingerprint density at radius 1 is 1.50 bits per heavy atom. The highest BCUT2D eigenvalue weighted by Crippen LogP contribution is 2.29. The normalized spacial score (nSPS) is 9.71. The molecule has 1 aromatic carbocycles. The van der Waals surface area contributed by atoms with Crippen LogP contribution in [0.5, 0.6) is 5.75 Å². The first-order chi connectivity index (χ1) is 6.63. The molecular formula is C8H4ClF2NO2. The van der Waals surface area contributed by atoms with Crippen molar-refractivity contribution in [3.05, 3.63) is 23.2 Å². The van der Waals surface area contributed by atoms with E-state index in [1.54, 1.807) is 0 Å². The van der Waals surface area contributed by atoms with Crippen molar-refractivity contribution in [2.75, 3.05) is 0 Å². The van der Waals surface area contributed by atoms with Crippen molar-refractivity contribution >= 4 is 23.4 Å². The Morgan fingerprint density at radius 2 is 2.21 bits per heavy atom. The number of alkyl halides is 2. The smallest absolute Gasteiger partial charge is 0.387 e. The monoisotopic (exact) mass is 219 g/mol. The fourth-order valence-corrected chi connectivity index (χ4v) is 1.02. The fourth-order valence-electron chi connectivity index (χ4n) is 0.804. The highest BCUT2D eigenvalue weighted by atomic mass is 35.5. The van der Waals surface area contributed by atoms with E-state index in [1.165, 1.54) is 24.3 Å². The molecule has 0 fully saturated rings. The lowest BCUT2D eigenvalue weighted by atomic mass is 10.3. The van der Waals surface area contributed by atoms with Gasteiger partial charge in [0.2, 0.25) is 6.08 Å². The number of carbonyl (C=O) groups excluding carboxylic acids is 1. The largest absolute Gasteiger partial charge is 0.433 e. The molecule has 0 aliphatic carbocycles. The van der Waals surface area contributed by atoms with E-state index in [0.717, 1.165) is 0 Å². The van der Waals surface area contributed by atoms with E-state index in [2.05, 4.69) is 9.73 Å². The molecule has 0 saturated heterocycles. The Labute approximate surface area is 83.0 Å². The zero-order valence-electron chi connectivity index (χ0n) is 6.71. The lowest BCUT2D eigenvalue weighted by molar-refractivity contribution is -0.0497. The first kappa shape index (κ1) is 10.6. The summed E-state index contributed by atoms with van der Waals surface area (Å²) in [5, 5.41) is -0.0400. The maximum atomic E-state index is 11.8. The zero-order valence-corrected chi connectivity index (χ0v) is 7.46. The summed E-state index contributed by atoms with van der Waals surface area (Å²) in [6.45, 7) is -2.94. The third-order valence-electron chi connectivity index (χ3n) is 1.31. The molecular weight excluding hydrogens is 216 g/mol. The Balaban J connectivity index is 2.95. The number of aliphatic imine (C=N–C) groups is 1. The van der Waals surface area contributed by atoms with E-state index in [0.29, 0.717) is 0 Å². The van der Waals surface area contributed by atoms with Gasteiger partial charge < -0.3 is 4.74 Å². The Kier molecular flexibility index (Phi) is 3.56. The lowest BCUT2D eigenvalue weighted by Gasteiger charge is -2.05. The van der Waals surface area contributed by atoms with E-state index in [-0.39, 0.29) is 16.5 Å². The molecule has 0 atom stereocenters. The highest BCUT2D eigenvalue weighted by molar-refractivity contribution is 6.32. The van der Waals surface area contributed by atoms with Crippen LogP contribution in [0, 0.1) is 0 Å². The average Bonchev–Trinajstić information content (AvgIpc) is 2.10. The number of halogens is 3. The van der Waals surface area contributed by atoms with Gasteiger partial charge in [0, 0.05) is 0 Å². The van der Waals surface area contributed by atoms with Crippen LogP contribution in [0.25, 0.3) is 0 Å². The SMILES string of the molecule is O=C=Nc1ccc(OC(F)F)c(Cl)c1. The highest BCUT2D eigenvalue weighted by Gasteiger charge is 2.08. The summed E-state index contributed by atoms with van der Waals surface area (Å²) in [6.07, 6.45) is 1.30. The molecule has 0 amide bonds. The molecule has 0 unspecified atom stereocenters. The molecule has 1 aromatic rings. The van der Waals surface area contributed by atoms with Gasteiger partial charge in [-0.2, -0.15) is 13.8 Å². The fraction of sp³-hybridized carbons (Fsp3) is 0.125. The molecule has 0 aliphatic heterocycles. The minimum atomic E-state index is -2.94. The van der Waals surface area contributed by atoms with E-state index in [1.807, 2.05) is 0 Å². The van der Waals surface area contributed by atoms with Gasteiger partial charge in [0.15, 0.2) is 0 Å². The number of nitrogens with zero attached hydrogens (tertiary/aromatic N) is 1. The number of benzene rings is 1. The Hall–Kier alpha value is -1.45. The van der Waals surface area contributed by atoms with Crippen molar-refractivity contribution in [1.82, 2.24) is 0 Å². The van der Waals surface area contributed by atoms with Crippen LogP contribution in [-0.4, -0.2) is 12.7 Å². The summed E-state index contributed by atoms with van der Waals surface area (Å²) >= 11 is 5.56. The summed E-state index contributed by atoms with van der Waals surface area (Å²) < 4.78 is 27.6. The van der Waals surface area contributed by atoms with Crippen LogP contribution in [0.1, 0.15) is 0 Å². The minimum absolute atomic E-state index is 0.0400. The topological polar surface area (TPSA) is 38.7 Å². The molecule has 14 heavy (non-hydrogen) atoms. The summed E-state index contributed by atoms with van der Waals surface area (Å²) in [6, 6.07) is 3.74. The van der Waals surface area contributed by atoms with Crippen molar-refractivity contribution in [2.24, 2.45) is 4.99 Å². The second kappa shape index (κ2) is 4.69. The third-order valence-corrected chi connectivity index (χ3v) is 1.60. The van der Waals surface area contributed by atoms with Gasteiger partial charge in [-0.25, -0.2) is 4.79 Å². The molecule has 3 nitrogen and oxygen atoms in total.